The third kappa shape index (κ3) is 5.29. The van der Waals surface area contributed by atoms with Gasteiger partial charge in [0.15, 0.2) is 18.1 Å². The van der Waals surface area contributed by atoms with Crippen molar-refractivity contribution in [3.8, 4) is 17.2 Å². The fourth-order valence-electron chi connectivity index (χ4n) is 3.28. The fourth-order valence-corrected chi connectivity index (χ4v) is 3.41. The molecule has 0 saturated carbocycles. The Labute approximate surface area is 191 Å². The van der Waals surface area contributed by atoms with Crippen molar-refractivity contribution in [1.29, 1.82) is 0 Å². The highest BCUT2D eigenvalue weighted by Gasteiger charge is 2.11. The molecule has 0 heterocycles. The third-order valence-electron chi connectivity index (χ3n) is 4.86. The number of benzene rings is 4. The van der Waals surface area contributed by atoms with Gasteiger partial charge in [0.25, 0.3) is 0 Å². The normalized spacial score (nSPS) is 10.9. The molecule has 0 aliphatic heterocycles. The summed E-state index contributed by atoms with van der Waals surface area (Å²) in [6.07, 6.45) is 4.06. The minimum absolute atomic E-state index is 0.229. The molecule has 0 bridgehead atoms. The van der Waals surface area contributed by atoms with Crippen LogP contribution in [0.3, 0.4) is 0 Å². The molecule has 0 aliphatic rings. The molecule has 0 N–H and O–H groups in total. The topological polar surface area (TPSA) is 44.8 Å². The van der Waals surface area contributed by atoms with Crippen molar-refractivity contribution >= 4 is 40.5 Å². The molecule has 0 radical (unpaired) electrons. The highest BCUT2D eigenvalue weighted by atomic mass is 35.5. The van der Waals surface area contributed by atoms with Crippen molar-refractivity contribution in [1.82, 2.24) is 0 Å². The lowest BCUT2D eigenvalue weighted by Gasteiger charge is -2.11. The Morgan fingerprint density at radius 3 is 2.47 bits per heavy atom. The standard InChI is InChI=1S/C27H21ClO4/c1-30-26-17-19(9-11-21-7-4-6-20-5-2-3-8-24(20)21)10-16-25(26)32-27(29)18-31-23-14-12-22(28)13-15-23/h2-17H,18H2,1H3/b11-9+. The van der Waals surface area contributed by atoms with Crippen LogP contribution < -0.4 is 14.2 Å². The maximum absolute atomic E-state index is 12.2. The first-order valence-corrected chi connectivity index (χ1v) is 10.4. The summed E-state index contributed by atoms with van der Waals surface area (Å²) < 4.78 is 16.3. The van der Waals surface area contributed by atoms with Crippen LogP contribution in [0.5, 0.6) is 17.2 Å². The summed E-state index contributed by atoms with van der Waals surface area (Å²) >= 11 is 5.84. The molecule has 0 unspecified atom stereocenters. The van der Waals surface area contributed by atoms with Gasteiger partial charge < -0.3 is 14.2 Å². The highest BCUT2D eigenvalue weighted by Crippen LogP contribution is 2.29. The number of carbonyl (C=O) groups excluding carboxylic acids is 1. The van der Waals surface area contributed by atoms with E-state index in [2.05, 4.69) is 30.3 Å². The Hall–Kier alpha value is -3.76. The van der Waals surface area contributed by atoms with Crippen LogP contribution in [-0.4, -0.2) is 19.7 Å². The summed E-state index contributed by atoms with van der Waals surface area (Å²) in [5.74, 6) is 0.800. The van der Waals surface area contributed by atoms with E-state index < -0.39 is 5.97 Å². The second-order valence-corrected chi connectivity index (χ2v) is 7.47. The predicted molar refractivity (Wildman–Crippen MR) is 128 cm³/mol. The SMILES string of the molecule is COc1cc(/C=C/c2cccc3ccccc23)ccc1OC(=O)COc1ccc(Cl)cc1. The molecule has 0 amide bonds. The molecule has 32 heavy (non-hydrogen) atoms. The van der Waals surface area contributed by atoms with Crippen LogP contribution in [0.4, 0.5) is 0 Å². The number of halogens is 1. The Bertz CT molecular complexity index is 1260. The van der Waals surface area contributed by atoms with Gasteiger partial charge in [-0.1, -0.05) is 72.3 Å². The van der Waals surface area contributed by atoms with Gasteiger partial charge >= 0.3 is 5.97 Å². The molecule has 0 atom stereocenters. The van der Waals surface area contributed by atoms with E-state index in [1.54, 1.807) is 30.3 Å². The Morgan fingerprint density at radius 2 is 1.66 bits per heavy atom. The van der Waals surface area contributed by atoms with E-state index >= 15 is 0 Å². The van der Waals surface area contributed by atoms with E-state index in [9.17, 15) is 4.79 Å². The third-order valence-corrected chi connectivity index (χ3v) is 5.11. The van der Waals surface area contributed by atoms with Crippen molar-refractivity contribution in [2.24, 2.45) is 0 Å². The van der Waals surface area contributed by atoms with Crippen LogP contribution in [0, 0.1) is 0 Å². The fraction of sp³-hybridized carbons (Fsp3) is 0.0741. The number of rotatable bonds is 7. The molecule has 5 heteroatoms. The number of carbonyl (C=O) groups is 1. The summed E-state index contributed by atoms with van der Waals surface area (Å²) in [4.78, 5) is 12.2. The predicted octanol–water partition coefficient (Wildman–Crippen LogP) is 6.66. The first-order valence-electron chi connectivity index (χ1n) is 10.1. The van der Waals surface area contributed by atoms with E-state index in [-0.39, 0.29) is 6.61 Å². The molecule has 160 valence electrons. The summed E-state index contributed by atoms with van der Waals surface area (Å²) in [6.45, 7) is -0.229. The van der Waals surface area contributed by atoms with Crippen molar-refractivity contribution < 1.29 is 19.0 Å². The zero-order chi connectivity index (χ0) is 22.3. The van der Waals surface area contributed by atoms with Gasteiger partial charge in [-0.05, 0) is 58.3 Å². The smallest absolute Gasteiger partial charge is 0.349 e. The molecule has 0 aliphatic carbocycles. The number of fused-ring (bicyclic) bond motifs is 1. The van der Waals surface area contributed by atoms with E-state index in [1.807, 2.05) is 36.4 Å². The number of methoxy groups -OCH3 is 1. The van der Waals surface area contributed by atoms with Gasteiger partial charge in [0.2, 0.25) is 0 Å². The minimum atomic E-state index is -0.530. The maximum Gasteiger partial charge on any atom is 0.349 e. The summed E-state index contributed by atoms with van der Waals surface area (Å²) in [7, 11) is 1.54. The zero-order valence-corrected chi connectivity index (χ0v) is 18.2. The van der Waals surface area contributed by atoms with Crippen LogP contribution in [0.1, 0.15) is 11.1 Å². The number of esters is 1. The molecular formula is C27H21ClO4. The van der Waals surface area contributed by atoms with Crippen LogP contribution in [0.15, 0.2) is 84.9 Å². The van der Waals surface area contributed by atoms with E-state index in [0.29, 0.717) is 22.3 Å². The largest absolute Gasteiger partial charge is 0.493 e. The number of ether oxygens (including phenoxy) is 3. The quantitative estimate of drug-likeness (QED) is 0.182. The number of hydrogen-bond donors (Lipinski definition) is 0. The summed E-state index contributed by atoms with van der Waals surface area (Å²) in [5, 5.41) is 2.97. The second kappa shape index (κ2) is 10.0. The van der Waals surface area contributed by atoms with Crippen molar-refractivity contribution in [3.05, 3.63) is 101 Å². The van der Waals surface area contributed by atoms with Crippen LogP contribution in [-0.2, 0) is 4.79 Å². The Kier molecular flexibility index (Phi) is 6.73. The van der Waals surface area contributed by atoms with E-state index in [1.165, 1.54) is 17.9 Å². The van der Waals surface area contributed by atoms with Gasteiger partial charge in [-0.2, -0.15) is 0 Å². The lowest BCUT2D eigenvalue weighted by Crippen LogP contribution is -2.18. The summed E-state index contributed by atoms with van der Waals surface area (Å²) in [6, 6.07) is 26.6. The zero-order valence-electron chi connectivity index (χ0n) is 17.5. The Balaban J connectivity index is 1.44. The minimum Gasteiger partial charge on any atom is -0.493 e. The van der Waals surface area contributed by atoms with Gasteiger partial charge in [0, 0.05) is 5.02 Å². The molecule has 4 aromatic rings. The first kappa shape index (κ1) is 21.5. The van der Waals surface area contributed by atoms with E-state index in [0.717, 1.165) is 11.1 Å². The maximum atomic E-state index is 12.2. The van der Waals surface area contributed by atoms with Gasteiger partial charge in [0.05, 0.1) is 7.11 Å². The molecular weight excluding hydrogens is 424 g/mol. The lowest BCUT2D eigenvalue weighted by atomic mass is 10.0. The van der Waals surface area contributed by atoms with Crippen molar-refractivity contribution in [2.75, 3.05) is 13.7 Å². The molecule has 0 aromatic heterocycles. The van der Waals surface area contributed by atoms with Crippen LogP contribution >= 0.6 is 11.6 Å². The molecule has 4 aromatic carbocycles. The van der Waals surface area contributed by atoms with Crippen molar-refractivity contribution in [3.63, 3.8) is 0 Å². The molecule has 0 fully saturated rings. The van der Waals surface area contributed by atoms with E-state index in [4.69, 9.17) is 25.8 Å². The van der Waals surface area contributed by atoms with Gasteiger partial charge in [-0.15, -0.1) is 0 Å². The molecule has 4 nitrogen and oxygen atoms in total. The average molecular weight is 445 g/mol. The lowest BCUT2D eigenvalue weighted by molar-refractivity contribution is -0.136. The molecule has 0 spiro atoms. The highest BCUT2D eigenvalue weighted by molar-refractivity contribution is 6.30. The van der Waals surface area contributed by atoms with Crippen molar-refractivity contribution in [2.45, 2.75) is 0 Å². The van der Waals surface area contributed by atoms with Crippen LogP contribution in [0.2, 0.25) is 5.02 Å². The number of hydrogen-bond acceptors (Lipinski definition) is 4. The van der Waals surface area contributed by atoms with Crippen LogP contribution in [0.25, 0.3) is 22.9 Å². The summed E-state index contributed by atoms with van der Waals surface area (Å²) in [5.41, 5.74) is 2.05. The Morgan fingerprint density at radius 1 is 0.875 bits per heavy atom. The molecule has 0 saturated heterocycles. The van der Waals surface area contributed by atoms with Gasteiger partial charge in [0.1, 0.15) is 5.75 Å². The monoisotopic (exact) mass is 444 g/mol. The molecule has 4 rings (SSSR count). The second-order valence-electron chi connectivity index (χ2n) is 7.03. The van der Waals surface area contributed by atoms with Gasteiger partial charge in [-0.25, -0.2) is 4.79 Å². The average Bonchev–Trinajstić information content (AvgIpc) is 2.83. The van der Waals surface area contributed by atoms with Gasteiger partial charge in [-0.3, -0.25) is 0 Å². The first-order chi connectivity index (χ1) is 15.6.